The number of ether oxygens (including phenoxy) is 1. The molecule has 0 amide bonds. The summed E-state index contributed by atoms with van der Waals surface area (Å²) in [5.74, 6) is -0.0935. The van der Waals surface area contributed by atoms with Crippen LogP contribution in [0.25, 0.3) is 27.1 Å². The number of aryl methyl sites for hydroxylation is 1. The number of nitrogens with zero attached hydrogens (tertiary/aromatic N) is 3. The van der Waals surface area contributed by atoms with Gasteiger partial charge in [-0.25, -0.2) is 8.42 Å². The number of benzene rings is 3. The molecule has 5 rings (SSSR count). The molecule has 0 atom stereocenters. The third-order valence-corrected chi connectivity index (χ3v) is 12.3. The molecule has 0 bridgehead atoms. The van der Waals surface area contributed by atoms with Crippen molar-refractivity contribution in [3.8, 4) is 5.75 Å². The van der Waals surface area contributed by atoms with Crippen LogP contribution in [0.4, 0.5) is 5.69 Å². The lowest BCUT2D eigenvalue weighted by molar-refractivity contribution is -0.667. The number of methoxy groups -OCH3 is 1. The average Bonchev–Trinajstić information content (AvgIpc) is 3.61. The van der Waals surface area contributed by atoms with Crippen LogP contribution in [-0.4, -0.2) is 75.6 Å². The Kier molecular flexibility index (Phi) is 14.3. The summed E-state index contributed by atoms with van der Waals surface area (Å²) in [6, 6.07) is 18.0. The van der Waals surface area contributed by atoms with E-state index in [2.05, 4.69) is 61.4 Å². The van der Waals surface area contributed by atoms with E-state index in [1.807, 2.05) is 47.4 Å². The predicted molar refractivity (Wildman–Crippen MR) is 206 cm³/mol. The molecule has 3 aromatic carbocycles. The second-order valence-corrected chi connectivity index (χ2v) is 17.0. The Morgan fingerprint density at radius 2 is 1.70 bits per heavy atom. The zero-order valence-electron chi connectivity index (χ0n) is 29.3. The molecule has 0 spiro atoms. The lowest BCUT2D eigenvalue weighted by atomic mass is 10.1. The molecular formula is C36H47N3O7S4. The lowest BCUT2D eigenvalue weighted by Gasteiger charge is -2.21. The van der Waals surface area contributed by atoms with Crippen molar-refractivity contribution in [1.82, 2.24) is 4.90 Å². The zero-order chi connectivity index (χ0) is 36.5. The van der Waals surface area contributed by atoms with Crippen LogP contribution in [0, 0.1) is 0 Å². The minimum absolute atomic E-state index is 0.198. The maximum absolute atomic E-state index is 11.4. The fraction of sp³-hybridized carbons (Fsp3) is 0.417. The number of hydrogen-bond acceptors (Lipinski definition) is 10. The highest BCUT2D eigenvalue weighted by molar-refractivity contribution is 8.03. The van der Waals surface area contributed by atoms with Crippen LogP contribution in [0.5, 0.6) is 5.75 Å². The summed E-state index contributed by atoms with van der Waals surface area (Å²) in [5, 5.41) is 3.98. The smallest absolute Gasteiger partial charge is 0.264 e. The lowest BCUT2D eigenvalue weighted by Crippen LogP contribution is -2.36. The number of aromatic nitrogens is 1. The molecule has 272 valence electrons. The van der Waals surface area contributed by atoms with E-state index in [1.54, 1.807) is 30.2 Å². The number of fused-ring (bicyclic) bond motifs is 4. The third kappa shape index (κ3) is 10.8. The van der Waals surface area contributed by atoms with Crippen LogP contribution in [-0.2, 0) is 26.8 Å². The van der Waals surface area contributed by atoms with E-state index >= 15 is 0 Å². The normalized spacial score (nSPS) is 14.4. The van der Waals surface area contributed by atoms with Crippen LogP contribution >= 0.6 is 23.1 Å². The Balaban J connectivity index is 0.000000727. The van der Waals surface area contributed by atoms with Crippen molar-refractivity contribution in [3.63, 3.8) is 0 Å². The number of thioether (sulfide) groups is 1. The summed E-state index contributed by atoms with van der Waals surface area (Å²) in [7, 11) is -6.83. The van der Waals surface area contributed by atoms with E-state index in [1.165, 1.54) is 19.6 Å². The molecular weight excluding hydrogens is 715 g/mol. The van der Waals surface area contributed by atoms with Crippen LogP contribution in [0.1, 0.15) is 52.0 Å². The first-order valence-electron chi connectivity index (χ1n) is 16.8. The van der Waals surface area contributed by atoms with Gasteiger partial charge in [0, 0.05) is 35.8 Å². The highest BCUT2D eigenvalue weighted by Gasteiger charge is 2.27. The Hall–Kier alpha value is -2.98. The fourth-order valence-electron chi connectivity index (χ4n) is 5.79. The second-order valence-electron chi connectivity index (χ2n) is 11.7. The van der Waals surface area contributed by atoms with Gasteiger partial charge in [0.1, 0.15) is 10.4 Å². The van der Waals surface area contributed by atoms with Crippen LogP contribution in [0.2, 0.25) is 0 Å². The molecule has 2 heterocycles. The summed E-state index contributed by atoms with van der Waals surface area (Å²) >= 11 is 3.18. The van der Waals surface area contributed by atoms with Gasteiger partial charge in [0.2, 0.25) is 5.52 Å². The van der Waals surface area contributed by atoms with Crippen LogP contribution < -0.4 is 14.2 Å². The molecule has 0 fully saturated rings. The maximum Gasteiger partial charge on any atom is 0.264 e. The molecule has 1 aliphatic heterocycles. The summed E-state index contributed by atoms with van der Waals surface area (Å²) in [6.45, 7) is 12.9. The van der Waals surface area contributed by atoms with Gasteiger partial charge in [-0.2, -0.15) is 13.0 Å². The molecule has 0 saturated carbocycles. The number of anilines is 1. The summed E-state index contributed by atoms with van der Waals surface area (Å²) in [5.41, 5.74) is 2.93. The van der Waals surface area contributed by atoms with Gasteiger partial charge in [-0.05, 0) is 73.8 Å². The third-order valence-electron chi connectivity index (χ3n) is 8.48. The molecule has 50 heavy (non-hydrogen) atoms. The van der Waals surface area contributed by atoms with E-state index < -0.39 is 26.0 Å². The molecule has 0 saturated heterocycles. The van der Waals surface area contributed by atoms with Crippen molar-refractivity contribution in [1.29, 1.82) is 0 Å². The highest BCUT2D eigenvalue weighted by atomic mass is 32.2. The topological polar surface area (TPSA) is 131 Å². The van der Waals surface area contributed by atoms with Gasteiger partial charge >= 0.3 is 0 Å². The van der Waals surface area contributed by atoms with E-state index in [9.17, 15) is 25.9 Å². The van der Waals surface area contributed by atoms with Crippen molar-refractivity contribution in [3.05, 3.63) is 76.3 Å². The standard InChI is InChI=1S/C30H32N2O7S4.C6H15N/c1-3-21(18-28-31(14-6-16-42(33,34)35)25-20-23(39-2)11-13-26(25)40-28)19-29-32(15-7-17-43(36,37)38)30-24-9-5-4-8-22(24)10-12-27(30)41-29;1-4-7(5-2)6-3/h4-5,8-13,18-20H,3,6-7,14-17H2,1-2H3,(H-,33,34,35,36,37,38);4-6H2,1-3H3. The van der Waals surface area contributed by atoms with Crippen LogP contribution in [0.15, 0.2) is 76.2 Å². The Bertz CT molecular complexity index is 2050. The molecule has 10 nitrogen and oxygen atoms in total. The van der Waals surface area contributed by atoms with Gasteiger partial charge in [-0.3, -0.25) is 4.55 Å². The monoisotopic (exact) mass is 761 g/mol. The first kappa shape index (κ1) is 39.8. The molecule has 1 N–H and O–H groups in total. The minimum Gasteiger partial charge on any atom is -0.748 e. The Labute approximate surface area is 304 Å². The van der Waals surface area contributed by atoms with E-state index in [0.717, 1.165) is 47.2 Å². The SMILES string of the molecule is CCC(/C=C1\Sc2ccc(OC)cc2N1CCCS(=O)(=O)O)=C\c1sc2ccc3ccccc3c2[n+]1CCCS(=O)(=O)[O-].CCN(CC)CC. The van der Waals surface area contributed by atoms with Gasteiger partial charge in [0.15, 0.2) is 6.54 Å². The van der Waals surface area contributed by atoms with Crippen LogP contribution in [0.3, 0.4) is 0 Å². The summed E-state index contributed by atoms with van der Waals surface area (Å²) in [4.78, 5) is 5.43. The number of thiazole rings is 1. The van der Waals surface area contributed by atoms with E-state index in [-0.39, 0.29) is 18.6 Å². The molecule has 0 radical (unpaired) electrons. The van der Waals surface area contributed by atoms with Crippen molar-refractivity contribution in [2.45, 2.75) is 58.4 Å². The van der Waals surface area contributed by atoms with Crippen molar-refractivity contribution in [2.24, 2.45) is 0 Å². The molecule has 1 aliphatic rings. The van der Waals surface area contributed by atoms with Gasteiger partial charge < -0.3 is 19.1 Å². The number of hydrogen-bond donors (Lipinski definition) is 1. The number of allylic oxidation sites excluding steroid dienone is 2. The Morgan fingerprint density at radius 1 is 0.980 bits per heavy atom. The minimum atomic E-state index is -4.34. The van der Waals surface area contributed by atoms with Gasteiger partial charge in [0.25, 0.3) is 15.1 Å². The zero-order valence-corrected chi connectivity index (χ0v) is 32.6. The highest BCUT2D eigenvalue weighted by Crippen LogP contribution is 2.48. The molecule has 0 unspecified atom stereocenters. The largest absolute Gasteiger partial charge is 0.748 e. The Morgan fingerprint density at radius 3 is 2.32 bits per heavy atom. The van der Waals surface area contributed by atoms with Gasteiger partial charge in [-0.15, -0.1) is 0 Å². The van der Waals surface area contributed by atoms with Gasteiger partial charge in [-0.1, -0.05) is 75.1 Å². The van der Waals surface area contributed by atoms with Gasteiger partial charge in [0.05, 0.1) is 39.1 Å². The molecule has 0 aliphatic carbocycles. The average molecular weight is 762 g/mol. The summed E-state index contributed by atoms with van der Waals surface area (Å²) < 4.78 is 74.9. The number of rotatable bonds is 15. The molecule has 1 aromatic heterocycles. The van der Waals surface area contributed by atoms with E-state index in [0.29, 0.717) is 25.3 Å². The molecule has 14 heteroatoms. The van der Waals surface area contributed by atoms with Crippen molar-refractivity contribution >= 4 is 76.1 Å². The quantitative estimate of drug-likeness (QED) is 0.0984. The van der Waals surface area contributed by atoms with E-state index in [4.69, 9.17) is 4.74 Å². The molecule has 4 aromatic rings. The van der Waals surface area contributed by atoms with Crippen molar-refractivity contribution < 1.29 is 35.2 Å². The van der Waals surface area contributed by atoms with Crippen molar-refractivity contribution in [2.75, 3.05) is 49.7 Å². The predicted octanol–water partition coefficient (Wildman–Crippen LogP) is 7.16. The first-order chi connectivity index (χ1) is 23.8. The second kappa shape index (κ2) is 18.0. The fourth-order valence-corrected chi connectivity index (χ4v) is 9.09. The maximum atomic E-state index is 11.4. The first-order valence-corrected chi connectivity index (χ1v) is 21.6. The summed E-state index contributed by atoms with van der Waals surface area (Å²) in [6.07, 6.45) is 5.32.